The molecule has 0 spiro atoms. The maximum atomic E-state index is 13.3. The molecule has 368 valence electrons. The normalized spacial score (nSPS) is 11.9. The molecule has 0 bridgehead atoms. The van der Waals surface area contributed by atoms with Gasteiger partial charge < -0.3 is 30.1 Å². The van der Waals surface area contributed by atoms with Crippen LogP contribution in [0.3, 0.4) is 0 Å². The van der Waals surface area contributed by atoms with Gasteiger partial charge in [-0.1, -0.05) is 102 Å². The van der Waals surface area contributed by atoms with Crippen molar-refractivity contribution in [3.05, 3.63) is 166 Å². The molecule has 0 saturated heterocycles. The molecule has 0 heterocycles. The van der Waals surface area contributed by atoms with Crippen molar-refractivity contribution in [3.8, 4) is 23.0 Å². The molecule has 8 aromatic carbocycles. The molecule has 8 rings (SSSR count). The van der Waals surface area contributed by atoms with Gasteiger partial charge in [0.25, 0.3) is 26.1 Å². The molecule has 0 unspecified atom stereocenters. The molecular weight excluding hydrogens is 1050 g/mol. The van der Waals surface area contributed by atoms with E-state index in [1.54, 1.807) is 97.1 Å². The van der Waals surface area contributed by atoms with E-state index in [9.17, 15) is 46.1 Å². The van der Waals surface area contributed by atoms with Gasteiger partial charge >= 0.3 is 37.7 Å². The molecule has 0 aromatic heterocycles. The first-order valence-corrected chi connectivity index (χ1v) is 24.5. The maximum Gasteiger partial charge on any atom is 2.00 e. The minimum Gasteiger partial charge on any atom is -0.871 e. The van der Waals surface area contributed by atoms with Crippen LogP contribution >= 0.6 is 23.2 Å². The zero-order valence-electron chi connectivity index (χ0n) is 38.7. The number of nitrogens with one attached hydrogen (secondary N) is 1. The van der Waals surface area contributed by atoms with Crippen molar-refractivity contribution in [2.75, 3.05) is 19.5 Å². The van der Waals surface area contributed by atoms with Crippen molar-refractivity contribution in [1.29, 1.82) is 0 Å². The minimum absolute atomic E-state index is 0. The maximum absolute atomic E-state index is 13.3. The van der Waals surface area contributed by atoms with Crippen LogP contribution in [0.15, 0.2) is 169 Å². The smallest absolute Gasteiger partial charge is 0.871 e. The molecule has 23 heteroatoms. The van der Waals surface area contributed by atoms with Crippen LogP contribution < -0.4 is 25.0 Å². The Morgan fingerprint density at radius 1 is 0.603 bits per heavy atom. The fourth-order valence-corrected chi connectivity index (χ4v) is 9.48. The van der Waals surface area contributed by atoms with E-state index in [0.717, 1.165) is 0 Å². The van der Waals surface area contributed by atoms with Crippen molar-refractivity contribution in [2.24, 2.45) is 25.4 Å². The number of nitrogens with zero attached hydrogens (tertiary/aromatic N) is 5. The number of hydrogen-bond acceptors (Lipinski definition) is 15. The van der Waals surface area contributed by atoms with Gasteiger partial charge in [-0.05, 0) is 108 Å². The molecule has 73 heavy (non-hydrogen) atoms. The van der Waals surface area contributed by atoms with Gasteiger partial charge in [0, 0.05) is 20.8 Å². The van der Waals surface area contributed by atoms with Gasteiger partial charge in [-0.2, -0.15) is 21.9 Å². The summed E-state index contributed by atoms with van der Waals surface area (Å²) in [4.78, 5) is 16.1. The molecule has 18 nitrogen and oxygen atoms in total. The Kier molecular flexibility index (Phi) is 17.8. The first-order chi connectivity index (χ1) is 34.2. The second-order valence-electron chi connectivity index (χ2n) is 15.3. The summed E-state index contributed by atoms with van der Waals surface area (Å²) in [6, 6.07) is 35.2. The van der Waals surface area contributed by atoms with Crippen LogP contribution in [-0.2, 0) is 20.2 Å². The van der Waals surface area contributed by atoms with E-state index in [1.807, 2.05) is 0 Å². The summed E-state index contributed by atoms with van der Waals surface area (Å²) in [6.45, 7) is 2.82. The molecule has 1 amide bonds. The minimum atomic E-state index is -4.70. The molecule has 8 aromatic rings. The number of aromatic hydroxyl groups is 1. The summed E-state index contributed by atoms with van der Waals surface area (Å²) in [5.41, 5.74) is -0.202. The number of amides is 1. The number of hydrogen-bond donors (Lipinski definition) is 4. The first-order valence-electron chi connectivity index (χ1n) is 20.9. The largest absolute Gasteiger partial charge is 2.00 e. The standard InChI is InChI=1S/2C25H20ClN3O6S.Ca/c2*1-14-18(26)11-12-20(24(14)36(32,33)34)28-29-22-16-8-4-3-7-15(16)13-17(23(22)30)25(31)27-19-9-5-6-10-21(19)35-2;/h2*3-13,30H,1-2H3,(H,27,31)(H,32,33,34);/q;;+2/p-2. The number of halogens is 2. The average Bonchev–Trinajstić information content (AvgIpc) is 3.34. The van der Waals surface area contributed by atoms with Crippen molar-refractivity contribution < 1.29 is 55.5 Å². The summed E-state index contributed by atoms with van der Waals surface area (Å²) in [5.74, 6) is -1.87. The van der Waals surface area contributed by atoms with Gasteiger partial charge in [-0.15, -0.1) is 15.3 Å². The fraction of sp³-hybridized carbons (Fsp3) is 0.0800. The summed E-state index contributed by atoms with van der Waals surface area (Å²) in [7, 11) is -6.48. The van der Waals surface area contributed by atoms with E-state index in [1.165, 1.54) is 64.5 Å². The summed E-state index contributed by atoms with van der Waals surface area (Å²) >= 11 is 12.0. The van der Waals surface area contributed by atoms with Gasteiger partial charge in [-0.25, -0.2) is 0 Å². The number of carbonyl (C=O) groups is 1. The van der Waals surface area contributed by atoms with Crippen molar-refractivity contribution in [2.45, 2.75) is 23.6 Å². The molecule has 0 aliphatic heterocycles. The second kappa shape index (κ2) is 23.4. The number of para-hydroxylation sites is 4. The summed E-state index contributed by atoms with van der Waals surface area (Å²) in [6.07, 6.45) is 0. The van der Waals surface area contributed by atoms with E-state index in [4.69, 9.17) is 32.7 Å². The zero-order chi connectivity index (χ0) is 52.1. The molecule has 0 aliphatic rings. The number of phenolic OH excluding ortho intramolecular Hbond substituents is 1. The predicted octanol–water partition coefficient (Wildman–Crippen LogP) is 11.0. The van der Waals surface area contributed by atoms with E-state index < -0.39 is 53.3 Å². The monoisotopic (exact) mass is 1090 g/mol. The molecule has 0 fully saturated rings. The van der Waals surface area contributed by atoms with E-state index in [2.05, 4.69) is 30.8 Å². The number of fused-ring (bicyclic) bond motifs is 2. The van der Waals surface area contributed by atoms with Crippen molar-refractivity contribution >= 4 is 149 Å². The van der Waals surface area contributed by atoms with Gasteiger partial charge in [0.2, 0.25) is 0 Å². The van der Waals surface area contributed by atoms with Crippen LogP contribution in [0.2, 0.25) is 10.0 Å². The zero-order valence-corrected chi connectivity index (χ0v) is 44.1. The van der Waals surface area contributed by atoms with Gasteiger partial charge in [-0.3, -0.25) is 18.9 Å². The Morgan fingerprint density at radius 3 is 1.59 bits per heavy atom. The van der Waals surface area contributed by atoms with E-state index in [-0.39, 0.29) is 98.5 Å². The Morgan fingerprint density at radius 2 is 1.05 bits per heavy atom. The van der Waals surface area contributed by atoms with Crippen LogP contribution in [0.4, 0.5) is 34.1 Å². The van der Waals surface area contributed by atoms with Crippen LogP contribution in [0, 0.1) is 13.8 Å². The van der Waals surface area contributed by atoms with Crippen molar-refractivity contribution in [1.82, 2.24) is 0 Å². The topological polar surface area (TPSA) is 284 Å². The number of ether oxygens (including phenoxy) is 2. The van der Waals surface area contributed by atoms with Crippen molar-refractivity contribution in [3.63, 3.8) is 0 Å². The predicted molar refractivity (Wildman–Crippen MR) is 275 cm³/mol. The molecule has 0 radical (unpaired) electrons. The fourth-order valence-electron chi connectivity index (χ4n) is 7.31. The molecule has 4 N–H and O–H groups in total. The third kappa shape index (κ3) is 12.4. The van der Waals surface area contributed by atoms with Crippen LogP contribution in [0.25, 0.3) is 21.5 Å². The number of aliphatic imine (C=N–C) groups is 1. The molecule has 0 aliphatic carbocycles. The number of rotatable bonds is 12. The van der Waals surface area contributed by atoms with Crippen LogP contribution in [0.1, 0.15) is 27.0 Å². The van der Waals surface area contributed by atoms with Crippen LogP contribution in [0.5, 0.6) is 23.0 Å². The second-order valence-corrected chi connectivity index (χ2v) is 18.8. The Balaban J connectivity index is 0.000000235. The quantitative estimate of drug-likeness (QED) is 0.0292. The number of azo groups is 2. The molecule has 0 atom stereocenters. The summed E-state index contributed by atoms with van der Waals surface area (Å²) < 4.78 is 77.7. The molecular formula is C50H38CaCl2N6O12S2. The number of carbonyl (C=O) groups excluding carboxylic acids is 1. The molecule has 0 saturated carbocycles. The number of methoxy groups -OCH3 is 2. The number of benzene rings is 8. The Labute approximate surface area is 457 Å². The first kappa shape index (κ1) is 55.6. The average molecular weight is 1090 g/mol. The Hall–Kier alpha value is -6.72. The number of anilines is 1. The van der Waals surface area contributed by atoms with Crippen LogP contribution in [-0.4, -0.2) is 94.8 Å². The van der Waals surface area contributed by atoms with Gasteiger partial charge in [0.05, 0.1) is 31.2 Å². The van der Waals surface area contributed by atoms with E-state index >= 15 is 0 Å². The van der Waals surface area contributed by atoms with Gasteiger partial charge in [0.15, 0.2) is 5.75 Å². The van der Waals surface area contributed by atoms with Gasteiger partial charge in [0.1, 0.15) is 44.0 Å². The number of phenols is 1. The summed E-state index contributed by atoms with van der Waals surface area (Å²) in [5, 5.41) is 58.3. The third-order valence-corrected chi connectivity index (χ3v) is 13.7. The SMILES string of the molecule is COc1ccccc1N=C([O-])c1cc2ccccc2c(N=Nc2ccc(Cl)c(C)c2S(=O)(=O)O)c1[O-].COc1ccccc1NC(=O)c1cc2ccccc2c(N=Nc2ccc(Cl)c(C)c2S(=O)(=O)O)c1O.[Ca+2]. The Bertz CT molecular complexity index is 3790. The van der Waals surface area contributed by atoms with E-state index in [0.29, 0.717) is 38.7 Å². The third-order valence-electron chi connectivity index (χ3n) is 10.8.